The van der Waals surface area contributed by atoms with Gasteiger partial charge in [0.2, 0.25) is 0 Å². The van der Waals surface area contributed by atoms with Crippen molar-refractivity contribution in [3.05, 3.63) is 51.6 Å². The molecule has 0 saturated heterocycles. The summed E-state index contributed by atoms with van der Waals surface area (Å²) in [6.07, 6.45) is 1.61. The Morgan fingerprint density at radius 3 is 2.68 bits per heavy atom. The number of halogens is 2. The first kappa shape index (κ1) is 13.8. The Labute approximate surface area is 124 Å². The number of hydrogen-bond donors (Lipinski definition) is 2. The van der Waals surface area contributed by atoms with Gasteiger partial charge in [-0.3, -0.25) is 5.32 Å². The molecule has 0 saturated carbocycles. The van der Waals surface area contributed by atoms with Crippen LogP contribution in [0.2, 0.25) is 5.02 Å². The van der Waals surface area contributed by atoms with Gasteiger partial charge in [-0.15, -0.1) is 0 Å². The van der Waals surface area contributed by atoms with Crippen LogP contribution in [0.4, 0.5) is 16.3 Å². The normalized spacial score (nSPS) is 10.1. The topological polar surface area (TPSA) is 54.0 Å². The summed E-state index contributed by atoms with van der Waals surface area (Å²) >= 11 is 9.26. The SMILES string of the molecule is Cc1ccc(NC(=O)Nc2ccc(Br)cn2)cc1Cl. The fourth-order valence-electron chi connectivity index (χ4n) is 1.40. The van der Waals surface area contributed by atoms with E-state index in [1.54, 1.807) is 30.5 Å². The zero-order valence-electron chi connectivity index (χ0n) is 10.1. The zero-order valence-corrected chi connectivity index (χ0v) is 12.4. The van der Waals surface area contributed by atoms with E-state index in [0.29, 0.717) is 16.5 Å². The van der Waals surface area contributed by atoms with Crippen molar-refractivity contribution in [1.29, 1.82) is 0 Å². The van der Waals surface area contributed by atoms with E-state index in [-0.39, 0.29) is 6.03 Å². The number of anilines is 2. The number of hydrogen-bond acceptors (Lipinski definition) is 2. The van der Waals surface area contributed by atoms with Crippen LogP contribution in [-0.2, 0) is 0 Å². The lowest BCUT2D eigenvalue weighted by atomic mass is 10.2. The van der Waals surface area contributed by atoms with Gasteiger partial charge in [-0.2, -0.15) is 0 Å². The van der Waals surface area contributed by atoms with Crippen LogP contribution < -0.4 is 10.6 Å². The summed E-state index contributed by atoms with van der Waals surface area (Å²) in [5, 5.41) is 5.92. The van der Waals surface area contributed by atoms with Gasteiger partial charge in [0.25, 0.3) is 0 Å². The average molecular weight is 341 g/mol. The lowest BCUT2D eigenvalue weighted by Gasteiger charge is -2.08. The Balaban J connectivity index is 2.01. The van der Waals surface area contributed by atoms with Gasteiger partial charge in [0, 0.05) is 21.4 Å². The van der Waals surface area contributed by atoms with Gasteiger partial charge in [-0.05, 0) is 52.7 Å². The largest absolute Gasteiger partial charge is 0.324 e. The zero-order chi connectivity index (χ0) is 13.8. The first-order chi connectivity index (χ1) is 9.04. The molecular weight excluding hydrogens is 330 g/mol. The van der Waals surface area contributed by atoms with E-state index in [4.69, 9.17) is 11.6 Å². The molecule has 98 valence electrons. The third-order valence-electron chi connectivity index (χ3n) is 2.40. The molecule has 1 aromatic heterocycles. The van der Waals surface area contributed by atoms with E-state index in [1.807, 2.05) is 13.0 Å². The Morgan fingerprint density at radius 1 is 1.26 bits per heavy atom. The van der Waals surface area contributed by atoms with E-state index in [0.717, 1.165) is 10.0 Å². The molecule has 0 radical (unpaired) electrons. The summed E-state index contributed by atoms with van der Waals surface area (Å²) < 4.78 is 0.851. The molecule has 2 amide bonds. The quantitative estimate of drug-likeness (QED) is 0.848. The molecule has 0 aliphatic heterocycles. The predicted octanol–water partition coefficient (Wildman–Crippen LogP) is 4.45. The molecule has 0 unspecified atom stereocenters. The van der Waals surface area contributed by atoms with Crippen LogP contribution in [0.5, 0.6) is 0 Å². The Kier molecular flexibility index (Phi) is 4.39. The molecule has 0 aliphatic carbocycles. The van der Waals surface area contributed by atoms with Crippen molar-refractivity contribution in [2.45, 2.75) is 6.92 Å². The molecule has 0 bridgehead atoms. The minimum absolute atomic E-state index is 0.366. The molecule has 19 heavy (non-hydrogen) atoms. The van der Waals surface area contributed by atoms with Crippen LogP contribution in [0, 0.1) is 6.92 Å². The van der Waals surface area contributed by atoms with Crippen molar-refractivity contribution in [3.63, 3.8) is 0 Å². The number of carbonyl (C=O) groups excluding carboxylic acids is 1. The second-order valence-corrected chi connectivity index (χ2v) is 5.23. The van der Waals surface area contributed by atoms with Crippen LogP contribution in [0.25, 0.3) is 0 Å². The van der Waals surface area contributed by atoms with Crippen LogP contribution in [0.1, 0.15) is 5.56 Å². The molecule has 0 spiro atoms. The van der Waals surface area contributed by atoms with Crippen molar-refractivity contribution >= 4 is 45.1 Å². The molecule has 0 fully saturated rings. The van der Waals surface area contributed by atoms with Gasteiger partial charge in [0.05, 0.1) is 0 Å². The molecule has 4 nitrogen and oxygen atoms in total. The summed E-state index contributed by atoms with van der Waals surface area (Å²) in [6.45, 7) is 1.90. The molecule has 2 rings (SSSR count). The standard InChI is InChI=1S/C13H11BrClN3O/c1-8-2-4-10(6-11(8)15)17-13(19)18-12-5-3-9(14)7-16-12/h2-7H,1H3,(H2,16,17,18,19). The lowest BCUT2D eigenvalue weighted by Crippen LogP contribution is -2.20. The number of carbonyl (C=O) groups is 1. The maximum absolute atomic E-state index is 11.7. The fraction of sp³-hybridized carbons (Fsp3) is 0.0769. The predicted molar refractivity (Wildman–Crippen MR) is 80.8 cm³/mol. The number of nitrogens with zero attached hydrogens (tertiary/aromatic N) is 1. The van der Waals surface area contributed by atoms with Gasteiger partial charge in [-0.25, -0.2) is 9.78 Å². The molecule has 0 atom stereocenters. The Morgan fingerprint density at radius 2 is 2.05 bits per heavy atom. The second kappa shape index (κ2) is 6.04. The molecule has 6 heteroatoms. The van der Waals surface area contributed by atoms with E-state index >= 15 is 0 Å². The van der Waals surface area contributed by atoms with Gasteiger partial charge in [-0.1, -0.05) is 17.7 Å². The smallest absolute Gasteiger partial charge is 0.308 e. The summed E-state index contributed by atoms with van der Waals surface area (Å²) in [5.74, 6) is 0.471. The number of pyridine rings is 1. The number of rotatable bonds is 2. The monoisotopic (exact) mass is 339 g/mol. The Bertz CT molecular complexity index is 601. The molecule has 1 aromatic carbocycles. The van der Waals surface area contributed by atoms with Crippen LogP contribution >= 0.6 is 27.5 Å². The van der Waals surface area contributed by atoms with Crippen LogP contribution in [0.15, 0.2) is 41.0 Å². The summed E-state index contributed by atoms with van der Waals surface area (Å²) in [4.78, 5) is 15.8. The maximum Gasteiger partial charge on any atom is 0.324 e. The third-order valence-corrected chi connectivity index (χ3v) is 3.27. The highest BCUT2D eigenvalue weighted by Gasteiger charge is 2.04. The van der Waals surface area contributed by atoms with E-state index in [9.17, 15) is 4.79 Å². The van der Waals surface area contributed by atoms with Crippen LogP contribution in [-0.4, -0.2) is 11.0 Å². The van der Waals surface area contributed by atoms with Crippen molar-refractivity contribution in [3.8, 4) is 0 Å². The van der Waals surface area contributed by atoms with Crippen molar-refractivity contribution in [1.82, 2.24) is 4.98 Å². The first-order valence-electron chi connectivity index (χ1n) is 5.50. The maximum atomic E-state index is 11.7. The number of aromatic nitrogens is 1. The first-order valence-corrected chi connectivity index (χ1v) is 6.67. The number of benzene rings is 1. The van der Waals surface area contributed by atoms with Gasteiger partial charge < -0.3 is 5.32 Å². The second-order valence-electron chi connectivity index (χ2n) is 3.90. The highest BCUT2D eigenvalue weighted by atomic mass is 79.9. The number of nitrogens with one attached hydrogen (secondary N) is 2. The van der Waals surface area contributed by atoms with Crippen molar-refractivity contribution < 1.29 is 4.79 Å². The van der Waals surface area contributed by atoms with Crippen molar-refractivity contribution in [2.24, 2.45) is 0 Å². The summed E-state index contributed by atoms with van der Waals surface area (Å²) in [6, 6.07) is 8.46. The van der Waals surface area contributed by atoms with E-state index < -0.39 is 0 Å². The highest BCUT2D eigenvalue weighted by Crippen LogP contribution is 2.20. The highest BCUT2D eigenvalue weighted by molar-refractivity contribution is 9.10. The molecule has 2 N–H and O–H groups in total. The minimum atomic E-state index is -0.366. The van der Waals surface area contributed by atoms with Gasteiger partial charge in [0.1, 0.15) is 5.82 Å². The molecule has 1 heterocycles. The van der Waals surface area contributed by atoms with E-state index in [2.05, 4.69) is 31.5 Å². The molecule has 2 aromatic rings. The van der Waals surface area contributed by atoms with Gasteiger partial charge in [0.15, 0.2) is 0 Å². The van der Waals surface area contributed by atoms with Crippen molar-refractivity contribution in [2.75, 3.05) is 10.6 Å². The summed E-state index contributed by atoms with van der Waals surface area (Å²) in [7, 11) is 0. The number of amides is 2. The van der Waals surface area contributed by atoms with Gasteiger partial charge >= 0.3 is 6.03 Å². The third kappa shape index (κ3) is 3.94. The van der Waals surface area contributed by atoms with E-state index in [1.165, 1.54) is 0 Å². The minimum Gasteiger partial charge on any atom is -0.308 e. The fourth-order valence-corrected chi connectivity index (χ4v) is 1.81. The average Bonchev–Trinajstić information content (AvgIpc) is 2.37. The van der Waals surface area contributed by atoms with Crippen LogP contribution in [0.3, 0.4) is 0 Å². The number of urea groups is 1. The molecular formula is C13H11BrClN3O. The summed E-state index contributed by atoms with van der Waals surface area (Å²) in [5.41, 5.74) is 1.59. The Hall–Kier alpha value is -1.59. The molecule has 0 aliphatic rings. The lowest BCUT2D eigenvalue weighted by molar-refractivity contribution is 0.262. The number of aryl methyl sites for hydroxylation is 1.